The second-order valence-electron chi connectivity index (χ2n) is 7.83. The van der Waals surface area contributed by atoms with Gasteiger partial charge in [0.25, 0.3) is 5.91 Å². The number of rotatable bonds is 10. The van der Waals surface area contributed by atoms with Crippen molar-refractivity contribution in [1.29, 1.82) is 0 Å². The number of carbonyl (C=O) groups is 2. The molecule has 1 aliphatic rings. The molecule has 8 nitrogen and oxygen atoms in total. The van der Waals surface area contributed by atoms with E-state index in [4.69, 9.17) is 4.74 Å². The van der Waals surface area contributed by atoms with Crippen molar-refractivity contribution in [3.8, 4) is 11.5 Å². The summed E-state index contributed by atoms with van der Waals surface area (Å²) in [6.07, 6.45) is 0. The highest BCUT2D eigenvalue weighted by Gasteiger charge is 2.44. The Balaban J connectivity index is 2.09. The van der Waals surface area contributed by atoms with Crippen LogP contribution in [0, 0.1) is 13.8 Å². The van der Waals surface area contributed by atoms with Crippen LogP contribution in [0.5, 0.6) is 11.5 Å². The van der Waals surface area contributed by atoms with Gasteiger partial charge >= 0.3 is 0 Å². The van der Waals surface area contributed by atoms with Crippen molar-refractivity contribution < 1.29 is 24.5 Å². The monoisotopic (exact) mass is 473 g/mol. The van der Waals surface area contributed by atoms with Gasteiger partial charge in [-0.2, -0.15) is 0 Å². The molecule has 1 aromatic carbocycles. The zero-order valence-electron chi connectivity index (χ0n) is 19.7. The number of carbonyl (C=O) groups excluding carboxylic acids is 2. The predicted molar refractivity (Wildman–Crippen MR) is 127 cm³/mol. The number of ketones is 1. The van der Waals surface area contributed by atoms with E-state index in [1.54, 1.807) is 26.0 Å². The van der Waals surface area contributed by atoms with E-state index in [2.05, 4.69) is 9.88 Å². The maximum atomic E-state index is 13.6. The Bertz CT molecular complexity index is 1070. The van der Waals surface area contributed by atoms with Crippen LogP contribution < -0.4 is 4.74 Å². The van der Waals surface area contributed by atoms with Crippen molar-refractivity contribution in [3.05, 3.63) is 50.7 Å². The fourth-order valence-corrected chi connectivity index (χ4v) is 4.96. The third-order valence-electron chi connectivity index (χ3n) is 5.81. The number of thiazole rings is 1. The molecule has 1 unspecified atom stereocenters. The van der Waals surface area contributed by atoms with E-state index in [0.29, 0.717) is 35.8 Å². The SMILES string of the molecule is CCOc1cc(C2C(C(=O)c3sc(C)nc3C)=C(O)C(=O)N2CCN(CC)CC)ccc1O. The summed E-state index contributed by atoms with van der Waals surface area (Å²) in [4.78, 5) is 35.1. The maximum absolute atomic E-state index is 13.6. The van der Waals surface area contributed by atoms with Crippen LogP contribution in [-0.4, -0.2) is 69.5 Å². The maximum Gasteiger partial charge on any atom is 0.290 e. The second-order valence-corrected chi connectivity index (χ2v) is 9.03. The highest BCUT2D eigenvalue weighted by Crippen LogP contribution is 2.42. The largest absolute Gasteiger partial charge is 0.504 e. The van der Waals surface area contributed by atoms with Gasteiger partial charge in [-0.05, 0) is 51.6 Å². The molecule has 1 aliphatic heterocycles. The standard InChI is InChI=1S/C24H31N3O5S/c1-6-26(7-2)11-12-27-20(16-9-10-17(28)18(13-16)32-8-3)19(22(30)24(27)31)21(29)23-14(4)25-15(5)33-23/h9-10,13,20,28,30H,6-8,11-12H2,1-5H3. The third kappa shape index (κ3) is 4.89. The Morgan fingerprint density at radius 1 is 1.21 bits per heavy atom. The van der Waals surface area contributed by atoms with Gasteiger partial charge in [-0.15, -0.1) is 11.3 Å². The number of aromatic nitrogens is 1. The molecule has 1 amide bonds. The molecule has 0 spiro atoms. The quantitative estimate of drug-likeness (QED) is 0.506. The van der Waals surface area contributed by atoms with E-state index in [9.17, 15) is 19.8 Å². The van der Waals surface area contributed by atoms with Crippen LogP contribution in [0.4, 0.5) is 0 Å². The summed E-state index contributed by atoms with van der Waals surface area (Å²) in [6.45, 7) is 12.4. The van der Waals surface area contributed by atoms with Gasteiger partial charge < -0.3 is 24.7 Å². The molecule has 0 radical (unpaired) electrons. The zero-order chi connectivity index (χ0) is 24.3. The first-order chi connectivity index (χ1) is 15.7. The number of aliphatic hydroxyl groups excluding tert-OH is 1. The first-order valence-electron chi connectivity index (χ1n) is 11.1. The van der Waals surface area contributed by atoms with Gasteiger partial charge in [0.15, 0.2) is 17.3 Å². The lowest BCUT2D eigenvalue weighted by atomic mass is 9.94. The van der Waals surface area contributed by atoms with Crippen molar-refractivity contribution in [1.82, 2.24) is 14.8 Å². The van der Waals surface area contributed by atoms with E-state index >= 15 is 0 Å². The number of amides is 1. The smallest absolute Gasteiger partial charge is 0.290 e. The summed E-state index contributed by atoms with van der Waals surface area (Å²) in [7, 11) is 0. The van der Waals surface area contributed by atoms with E-state index < -0.39 is 23.5 Å². The molecule has 9 heteroatoms. The van der Waals surface area contributed by atoms with Crippen LogP contribution in [0.25, 0.3) is 0 Å². The average Bonchev–Trinajstić information content (AvgIpc) is 3.26. The number of phenols is 1. The minimum absolute atomic E-state index is 0.0273. The molecule has 33 heavy (non-hydrogen) atoms. The fraction of sp³-hybridized carbons (Fsp3) is 0.458. The zero-order valence-corrected chi connectivity index (χ0v) is 20.5. The summed E-state index contributed by atoms with van der Waals surface area (Å²) in [5.41, 5.74) is 1.17. The van der Waals surface area contributed by atoms with E-state index in [-0.39, 0.29) is 17.1 Å². The average molecular weight is 474 g/mol. The predicted octanol–water partition coefficient (Wildman–Crippen LogP) is 3.78. The summed E-state index contributed by atoms with van der Waals surface area (Å²) < 4.78 is 5.53. The van der Waals surface area contributed by atoms with Crippen molar-refractivity contribution in [2.24, 2.45) is 0 Å². The molecule has 1 aromatic heterocycles. The van der Waals surface area contributed by atoms with Crippen molar-refractivity contribution in [2.45, 2.75) is 40.7 Å². The molecule has 0 bridgehead atoms. The lowest BCUT2D eigenvalue weighted by Gasteiger charge is -2.29. The Kier molecular flexibility index (Phi) is 7.76. The first kappa shape index (κ1) is 24.7. The highest BCUT2D eigenvalue weighted by atomic mass is 32.1. The Labute approximate surface area is 198 Å². The van der Waals surface area contributed by atoms with E-state index in [1.807, 2.05) is 20.8 Å². The molecule has 0 aliphatic carbocycles. The van der Waals surface area contributed by atoms with Crippen LogP contribution in [0.2, 0.25) is 0 Å². The molecule has 0 saturated carbocycles. The van der Waals surface area contributed by atoms with Gasteiger partial charge in [0.05, 0.1) is 33.8 Å². The van der Waals surface area contributed by atoms with Crippen molar-refractivity contribution in [3.63, 3.8) is 0 Å². The number of phenolic OH excluding ortho intramolecular Hbond substituents is 1. The molecule has 178 valence electrons. The summed E-state index contributed by atoms with van der Waals surface area (Å²) in [5.74, 6) is -1.31. The number of ether oxygens (including phenoxy) is 1. The highest BCUT2D eigenvalue weighted by molar-refractivity contribution is 7.14. The normalized spacial score (nSPS) is 16.2. The number of aryl methyl sites for hydroxylation is 2. The Morgan fingerprint density at radius 2 is 1.91 bits per heavy atom. The number of likely N-dealkylation sites (N-methyl/N-ethyl adjacent to an activating group) is 1. The number of Topliss-reactive ketones (excluding diaryl/α,β-unsaturated/α-hetero) is 1. The Hall–Kier alpha value is -2.91. The van der Waals surface area contributed by atoms with Crippen molar-refractivity contribution in [2.75, 3.05) is 32.8 Å². The van der Waals surface area contributed by atoms with Crippen LogP contribution in [-0.2, 0) is 4.79 Å². The number of aliphatic hydroxyl groups is 1. The van der Waals surface area contributed by atoms with E-state index in [0.717, 1.165) is 18.1 Å². The summed E-state index contributed by atoms with van der Waals surface area (Å²) in [6, 6.07) is 3.95. The number of hydrogen-bond donors (Lipinski definition) is 2. The Morgan fingerprint density at radius 3 is 2.48 bits per heavy atom. The van der Waals surface area contributed by atoms with Crippen LogP contribution in [0.1, 0.15) is 52.7 Å². The molecular formula is C24H31N3O5S. The van der Waals surface area contributed by atoms with Gasteiger partial charge in [0, 0.05) is 13.1 Å². The van der Waals surface area contributed by atoms with Gasteiger partial charge in [-0.1, -0.05) is 19.9 Å². The minimum Gasteiger partial charge on any atom is -0.504 e. The summed E-state index contributed by atoms with van der Waals surface area (Å²) in [5, 5.41) is 21.8. The number of nitrogens with zero attached hydrogens (tertiary/aromatic N) is 3. The molecule has 0 saturated heterocycles. The van der Waals surface area contributed by atoms with Crippen molar-refractivity contribution >= 4 is 23.0 Å². The number of aromatic hydroxyl groups is 1. The topological polar surface area (TPSA) is 103 Å². The molecule has 2 N–H and O–H groups in total. The number of hydrogen-bond acceptors (Lipinski definition) is 8. The van der Waals surface area contributed by atoms with Gasteiger partial charge in [0.1, 0.15) is 0 Å². The molecule has 1 atom stereocenters. The van der Waals surface area contributed by atoms with Crippen LogP contribution >= 0.6 is 11.3 Å². The molecule has 2 aromatic rings. The molecule has 2 heterocycles. The molecular weight excluding hydrogens is 442 g/mol. The third-order valence-corrected chi connectivity index (χ3v) is 6.88. The van der Waals surface area contributed by atoms with Crippen LogP contribution in [0.15, 0.2) is 29.5 Å². The molecule has 3 rings (SSSR count). The van der Waals surface area contributed by atoms with Gasteiger partial charge in [0.2, 0.25) is 5.78 Å². The second kappa shape index (κ2) is 10.4. The minimum atomic E-state index is -0.804. The number of benzene rings is 1. The van der Waals surface area contributed by atoms with Crippen LogP contribution in [0.3, 0.4) is 0 Å². The lowest BCUT2D eigenvalue weighted by Crippen LogP contribution is -2.38. The molecule has 0 fully saturated rings. The van der Waals surface area contributed by atoms with Gasteiger partial charge in [-0.25, -0.2) is 4.98 Å². The van der Waals surface area contributed by atoms with Gasteiger partial charge in [-0.3, -0.25) is 9.59 Å². The van der Waals surface area contributed by atoms with E-state index in [1.165, 1.54) is 22.3 Å². The first-order valence-corrected chi connectivity index (χ1v) is 12.0. The summed E-state index contributed by atoms with van der Waals surface area (Å²) >= 11 is 1.24. The lowest BCUT2D eigenvalue weighted by molar-refractivity contribution is -0.129. The fourth-order valence-electron chi connectivity index (χ4n) is 4.09.